The van der Waals surface area contributed by atoms with Gasteiger partial charge in [-0.3, -0.25) is 25.0 Å². The molecular formula is C19H17N7O6. The summed E-state index contributed by atoms with van der Waals surface area (Å²) in [5.41, 5.74) is 3.65. The van der Waals surface area contributed by atoms with E-state index in [1.165, 1.54) is 41.1 Å². The van der Waals surface area contributed by atoms with Gasteiger partial charge >= 0.3 is 5.69 Å². The molecule has 0 aliphatic heterocycles. The van der Waals surface area contributed by atoms with Crippen molar-refractivity contribution >= 4 is 23.0 Å². The van der Waals surface area contributed by atoms with Gasteiger partial charge in [0, 0.05) is 18.2 Å². The highest BCUT2D eigenvalue weighted by Crippen LogP contribution is 2.25. The SMILES string of the molecule is CC(=NNC(=O)COc1ccccc1[N+](=O)[O-])c1nnn(-c2cccc([N+](=O)[O-])c2)c1C. The molecule has 13 nitrogen and oxygen atoms in total. The number of carbonyl (C=O) groups is 1. The van der Waals surface area contributed by atoms with E-state index < -0.39 is 22.4 Å². The molecule has 0 aliphatic rings. The van der Waals surface area contributed by atoms with Crippen LogP contribution in [0.3, 0.4) is 0 Å². The van der Waals surface area contributed by atoms with E-state index in [0.29, 0.717) is 22.8 Å². The van der Waals surface area contributed by atoms with E-state index in [4.69, 9.17) is 4.74 Å². The normalized spacial score (nSPS) is 11.1. The quantitative estimate of drug-likeness (QED) is 0.317. The number of amides is 1. The third-order valence-corrected chi connectivity index (χ3v) is 4.29. The van der Waals surface area contributed by atoms with E-state index in [-0.39, 0.29) is 17.1 Å². The van der Waals surface area contributed by atoms with Crippen LogP contribution in [0, 0.1) is 27.2 Å². The third kappa shape index (κ3) is 4.89. The first kappa shape index (κ1) is 22.0. The zero-order valence-corrected chi connectivity index (χ0v) is 17.0. The van der Waals surface area contributed by atoms with E-state index in [0.717, 1.165) is 0 Å². The van der Waals surface area contributed by atoms with Gasteiger partial charge in [0.1, 0.15) is 5.69 Å². The number of benzene rings is 2. The predicted octanol–water partition coefficient (Wildman–Crippen LogP) is 2.31. The van der Waals surface area contributed by atoms with Gasteiger partial charge in [-0.05, 0) is 26.0 Å². The van der Waals surface area contributed by atoms with Gasteiger partial charge < -0.3 is 4.74 Å². The second-order valence-corrected chi connectivity index (χ2v) is 6.46. The summed E-state index contributed by atoms with van der Waals surface area (Å²) >= 11 is 0. The molecular weight excluding hydrogens is 422 g/mol. The number of aromatic nitrogens is 3. The number of ether oxygens (including phenoxy) is 1. The molecule has 0 atom stereocenters. The van der Waals surface area contributed by atoms with Crippen LogP contribution < -0.4 is 10.2 Å². The second-order valence-electron chi connectivity index (χ2n) is 6.46. The molecule has 1 heterocycles. The van der Waals surface area contributed by atoms with Crippen LogP contribution in [0.1, 0.15) is 18.3 Å². The van der Waals surface area contributed by atoms with Gasteiger partial charge in [0.15, 0.2) is 12.4 Å². The van der Waals surface area contributed by atoms with E-state index >= 15 is 0 Å². The average Bonchev–Trinajstić information content (AvgIpc) is 3.17. The summed E-state index contributed by atoms with van der Waals surface area (Å²) in [5, 5.41) is 33.9. The van der Waals surface area contributed by atoms with E-state index in [2.05, 4.69) is 20.8 Å². The lowest BCUT2D eigenvalue weighted by Gasteiger charge is -2.06. The highest BCUT2D eigenvalue weighted by Gasteiger charge is 2.17. The summed E-state index contributed by atoms with van der Waals surface area (Å²) in [6.45, 7) is 2.81. The molecule has 32 heavy (non-hydrogen) atoms. The molecule has 2 aromatic carbocycles. The molecule has 0 unspecified atom stereocenters. The zero-order chi connectivity index (χ0) is 23.3. The number of hydrogen-bond donors (Lipinski definition) is 1. The Hall–Kier alpha value is -4.68. The second kappa shape index (κ2) is 9.42. The predicted molar refractivity (Wildman–Crippen MR) is 112 cm³/mol. The minimum absolute atomic E-state index is 0.0379. The summed E-state index contributed by atoms with van der Waals surface area (Å²) in [5.74, 6) is -0.671. The molecule has 1 aromatic heterocycles. The lowest BCUT2D eigenvalue weighted by atomic mass is 10.2. The molecule has 0 fully saturated rings. The van der Waals surface area contributed by atoms with Gasteiger partial charge in [0.05, 0.1) is 26.9 Å². The number of hydrogen-bond acceptors (Lipinski definition) is 9. The van der Waals surface area contributed by atoms with Crippen molar-refractivity contribution in [2.75, 3.05) is 6.61 Å². The summed E-state index contributed by atoms with van der Waals surface area (Å²) in [6, 6.07) is 11.6. The molecule has 3 rings (SSSR count). The number of carbonyl (C=O) groups excluding carboxylic acids is 1. The third-order valence-electron chi connectivity index (χ3n) is 4.29. The Morgan fingerprint density at radius 1 is 1.16 bits per heavy atom. The van der Waals surface area contributed by atoms with Crippen LogP contribution in [-0.4, -0.2) is 43.1 Å². The van der Waals surface area contributed by atoms with E-state index in [9.17, 15) is 25.0 Å². The van der Waals surface area contributed by atoms with Gasteiger partial charge in [-0.1, -0.05) is 23.4 Å². The van der Waals surface area contributed by atoms with Gasteiger partial charge in [-0.15, -0.1) is 5.10 Å². The van der Waals surface area contributed by atoms with E-state index in [1.807, 2.05) is 0 Å². The number of nitro benzene ring substituents is 2. The molecule has 0 bridgehead atoms. The number of nitrogens with zero attached hydrogens (tertiary/aromatic N) is 6. The van der Waals surface area contributed by atoms with Crippen LogP contribution >= 0.6 is 0 Å². The fraction of sp³-hybridized carbons (Fsp3) is 0.158. The molecule has 164 valence electrons. The fourth-order valence-electron chi connectivity index (χ4n) is 2.75. The molecule has 0 saturated carbocycles. The monoisotopic (exact) mass is 439 g/mol. The van der Waals surface area contributed by atoms with Crippen molar-refractivity contribution in [1.29, 1.82) is 0 Å². The van der Waals surface area contributed by atoms with Crippen LogP contribution in [-0.2, 0) is 4.79 Å². The Morgan fingerprint density at radius 2 is 1.91 bits per heavy atom. The number of rotatable bonds is 8. The Kier molecular flexibility index (Phi) is 6.48. The molecule has 0 saturated heterocycles. The summed E-state index contributed by atoms with van der Waals surface area (Å²) in [7, 11) is 0. The van der Waals surface area contributed by atoms with Crippen LogP contribution in [0.15, 0.2) is 53.6 Å². The maximum absolute atomic E-state index is 12.0. The lowest BCUT2D eigenvalue weighted by molar-refractivity contribution is -0.385. The molecule has 1 amide bonds. The molecule has 13 heteroatoms. The molecule has 1 N–H and O–H groups in total. The maximum Gasteiger partial charge on any atom is 0.310 e. The van der Waals surface area contributed by atoms with Crippen molar-refractivity contribution in [3.8, 4) is 11.4 Å². The Labute approximate surface area is 180 Å². The van der Waals surface area contributed by atoms with Gasteiger partial charge in [0.2, 0.25) is 0 Å². The number of non-ortho nitro benzene ring substituents is 1. The number of nitrogens with one attached hydrogen (secondary N) is 1. The van der Waals surface area contributed by atoms with Crippen molar-refractivity contribution in [2.24, 2.45) is 5.10 Å². The Bertz CT molecular complexity index is 1220. The van der Waals surface area contributed by atoms with Crippen LogP contribution in [0.2, 0.25) is 0 Å². The summed E-state index contributed by atoms with van der Waals surface area (Å²) in [6.07, 6.45) is 0. The molecule has 0 spiro atoms. The van der Waals surface area contributed by atoms with Gasteiger partial charge in [-0.25, -0.2) is 10.1 Å². The Balaban J connectivity index is 1.68. The first-order valence-electron chi connectivity index (χ1n) is 9.14. The first-order valence-corrected chi connectivity index (χ1v) is 9.14. The highest BCUT2D eigenvalue weighted by molar-refractivity contribution is 5.98. The highest BCUT2D eigenvalue weighted by atomic mass is 16.6. The van der Waals surface area contributed by atoms with Gasteiger partial charge in [-0.2, -0.15) is 5.10 Å². The van der Waals surface area contributed by atoms with Crippen molar-refractivity contribution in [1.82, 2.24) is 20.4 Å². The first-order chi connectivity index (χ1) is 15.3. The average molecular weight is 439 g/mol. The van der Waals surface area contributed by atoms with Crippen molar-refractivity contribution in [3.05, 3.63) is 80.1 Å². The number of para-hydroxylation sites is 2. The lowest BCUT2D eigenvalue weighted by Crippen LogP contribution is -2.26. The van der Waals surface area contributed by atoms with Crippen molar-refractivity contribution in [3.63, 3.8) is 0 Å². The standard InChI is InChI=1S/C19H17N7O6/c1-12(20-21-18(27)11-32-17-9-4-3-8-16(17)26(30)31)19-13(2)24(23-22-19)14-6-5-7-15(10-14)25(28)29/h3-10H,11H2,1-2H3,(H,21,27). The largest absolute Gasteiger partial charge is 0.477 e. The molecule has 3 aromatic rings. The maximum atomic E-state index is 12.0. The minimum atomic E-state index is -0.633. The zero-order valence-electron chi connectivity index (χ0n) is 17.0. The fourth-order valence-corrected chi connectivity index (χ4v) is 2.75. The van der Waals surface area contributed by atoms with E-state index in [1.54, 1.807) is 26.0 Å². The topological polar surface area (TPSA) is 168 Å². The minimum Gasteiger partial charge on any atom is -0.477 e. The van der Waals surface area contributed by atoms with Gasteiger partial charge in [0.25, 0.3) is 11.6 Å². The summed E-state index contributed by atoms with van der Waals surface area (Å²) in [4.78, 5) is 32.9. The van der Waals surface area contributed by atoms with Crippen LogP contribution in [0.5, 0.6) is 5.75 Å². The molecule has 0 aliphatic carbocycles. The number of nitro groups is 2. The van der Waals surface area contributed by atoms with Crippen LogP contribution in [0.4, 0.5) is 11.4 Å². The Morgan fingerprint density at radius 3 is 2.62 bits per heavy atom. The van der Waals surface area contributed by atoms with Crippen molar-refractivity contribution < 1.29 is 19.4 Å². The molecule has 0 radical (unpaired) electrons. The van der Waals surface area contributed by atoms with Crippen molar-refractivity contribution in [2.45, 2.75) is 13.8 Å². The summed E-state index contributed by atoms with van der Waals surface area (Å²) < 4.78 is 6.62. The van der Waals surface area contributed by atoms with Crippen LogP contribution in [0.25, 0.3) is 5.69 Å². The number of hydrazone groups is 1. The smallest absolute Gasteiger partial charge is 0.310 e.